The second kappa shape index (κ2) is 9.33. The highest BCUT2D eigenvalue weighted by molar-refractivity contribution is 6.30. The molecule has 0 saturated carbocycles. The second-order valence-corrected chi connectivity index (χ2v) is 6.44. The number of ether oxygens (including phenoxy) is 2. The Morgan fingerprint density at radius 2 is 1.76 bits per heavy atom. The lowest BCUT2D eigenvalue weighted by Crippen LogP contribution is -2.37. The fraction of sp³-hybridized carbons (Fsp3) is 0.350. The third-order valence-corrected chi connectivity index (χ3v) is 3.71. The molecule has 2 aromatic rings. The van der Waals surface area contributed by atoms with E-state index in [4.69, 9.17) is 21.1 Å². The van der Waals surface area contributed by atoms with Gasteiger partial charge in [-0.05, 0) is 56.2 Å². The molecule has 0 aliphatic carbocycles. The first-order valence-corrected chi connectivity index (χ1v) is 8.81. The fourth-order valence-corrected chi connectivity index (χ4v) is 2.51. The maximum atomic E-state index is 12.4. The van der Waals surface area contributed by atoms with Gasteiger partial charge in [0.2, 0.25) is 0 Å². The lowest BCUT2D eigenvalue weighted by atomic mass is 10.2. The molecule has 0 radical (unpaired) electrons. The van der Waals surface area contributed by atoms with Crippen molar-refractivity contribution >= 4 is 17.5 Å². The molecule has 0 spiro atoms. The van der Waals surface area contributed by atoms with Crippen LogP contribution in [0.3, 0.4) is 0 Å². The van der Waals surface area contributed by atoms with Gasteiger partial charge >= 0.3 is 0 Å². The number of nitrogens with one attached hydrogen (secondary N) is 1. The zero-order valence-electron chi connectivity index (χ0n) is 14.8. The first-order valence-electron chi connectivity index (χ1n) is 8.43. The number of hydrogen-bond donors (Lipinski definition) is 1. The Kier molecular flexibility index (Phi) is 7.14. The largest absolute Gasteiger partial charge is 0.491 e. The summed E-state index contributed by atoms with van der Waals surface area (Å²) < 4.78 is 11.4. The van der Waals surface area contributed by atoms with Crippen molar-refractivity contribution in [2.24, 2.45) is 0 Å². The van der Waals surface area contributed by atoms with Crippen LogP contribution in [0, 0.1) is 0 Å². The summed E-state index contributed by atoms with van der Waals surface area (Å²) in [6.07, 6.45) is 0.114. The molecule has 5 heteroatoms. The summed E-state index contributed by atoms with van der Waals surface area (Å²) in [5, 5.41) is 3.49. The third kappa shape index (κ3) is 6.31. The summed E-state index contributed by atoms with van der Waals surface area (Å²) >= 11 is 5.95. The summed E-state index contributed by atoms with van der Waals surface area (Å²) in [6, 6.07) is 14.7. The SMILES string of the molecule is CC[C@@H](Oc1cccc(Cl)c1)C(=O)NCc1cccc(OC(C)C)c1. The van der Waals surface area contributed by atoms with E-state index in [1.807, 2.05) is 45.0 Å². The minimum Gasteiger partial charge on any atom is -0.491 e. The van der Waals surface area contributed by atoms with Crippen LogP contribution in [0.25, 0.3) is 0 Å². The summed E-state index contributed by atoms with van der Waals surface area (Å²) in [6.45, 7) is 6.29. The molecule has 1 atom stereocenters. The molecular formula is C20H24ClNO3. The van der Waals surface area contributed by atoms with Crippen LogP contribution < -0.4 is 14.8 Å². The Balaban J connectivity index is 1.93. The van der Waals surface area contributed by atoms with Gasteiger partial charge in [0.05, 0.1) is 6.10 Å². The molecule has 2 aromatic carbocycles. The average molecular weight is 362 g/mol. The van der Waals surface area contributed by atoms with Gasteiger partial charge in [0.1, 0.15) is 11.5 Å². The highest BCUT2D eigenvalue weighted by atomic mass is 35.5. The zero-order valence-corrected chi connectivity index (χ0v) is 15.5. The van der Waals surface area contributed by atoms with E-state index in [9.17, 15) is 4.79 Å². The van der Waals surface area contributed by atoms with Crippen LogP contribution in [-0.4, -0.2) is 18.1 Å². The first kappa shape index (κ1) is 19.1. The summed E-state index contributed by atoms with van der Waals surface area (Å²) in [7, 11) is 0. The maximum Gasteiger partial charge on any atom is 0.261 e. The van der Waals surface area contributed by atoms with Crippen molar-refractivity contribution < 1.29 is 14.3 Å². The number of carbonyl (C=O) groups is 1. The Labute approximate surface area is 154 Å². The van der Waals surface area contributed by atoms with Crippen LogP contribution in [0.5, 0.6) is 11.5 Å². The Morgan fingerprint density at radius 3 is 2.40 bits per heavy atom. The number of halogens is 1. The average Bonchev–Trinajstić information content (AvgIpc) is 2.57. The van der Waals surface area contributed by atoms with E-state index >= 15 is 0 Å². The number of amides is 1. The Hall–Kier alpha value is -2.20. The number of rotatable bonds is 8. The number of carbonyl (C=O) groups excluding carboxylic acids is 1. The topological polar surface area (TPSA) is 47.6 Å². The van der Waals surface area contributed by atoms with Crippen LogP contribution in [0.4, 0.5) is 0 Å². The van der Waals surface area contributed by atoms with Crippen molar-refractivity contribution in [3.05, 3.63) is 59.1 Å². The molecule has 0 unspecified atom stereocenters. The molecule has 1 N–H and O–H groups in total. The summed E-state index contributed by atoms with van der Waals surface area (Å²) in [5.74, 6) is 1.23. The molecule has 0 saturated heterocycles. The number of hydrogen-bond acceptors (Lipinski definition) is 3. The van der Waals surface area contributed by atoms with E-state index in [-0.39, 0.29) is 12.0 Å². The molecule has 0 aromatic heterocycles. The predicted molar refractivity (Wildman–Crippen MR) is 100 cm³/mol. The minimum absolute atomic E-state index is 0.111. The molecule has 2 rings (SSSR count). The summed E-state index contributed by atoms with van der Waals surface area (Å²) in [4.78, 5) is 12.4. The fourth-order valence-electron chi connectivity index (χ4n) is 2.33. The van der Waals surface area contributed by atoms with Crippen molar-refractivity contribution in [1.29, 1.82) is 0 Å². The van der Waals surface area contributed by atoms with Crippen LogP contribution in [0.1, 0.15) is 32.8 Å². The van der Waals surface area contributed by atoms with Gasteiger partial charge in [-0.3, -0.25) is 4.79 Å². The molecule has 1 amide bonds. The van der Waals surface area contributed by atoms with E-state index in [0.717, 1.165) is 11.3 Å². The van der Waals surface area contributed by atoms with Gasteiger partial charge in [-0.2, -0.15) is 0 Å². The van der Waals surface area contributed by atoms with Gasteiger partial charge < -0.3 is 14.8 Å². The quantitative estimate of drug-likeness (QED) is 0.747. The van der Waals surface area contributed by atoms with Gasteiger partial charge in [0, 0.05) is 11.6 Å². The molecule has 0 aliphatic rings. The van der Waals surface area contributed by atoms with Crippen molar-refractivity contribution in [2.75, 3.05) is 0 Å². The van der Waals surface area contributed by atoms with Gasteiger partial charge in [-0.1, -0.05) is 36.7 Å². The van der Waals surface area contributed by atoms with Crippen molar-refractivity contribution in [1.82, 2.24) is 5.32 Å². The molecule has 0 aliphatic heterocycles. The van der Waals surface area contributed by atoms with E-state index in [1.165, 1.54) is 0 Å². The van der Waals surface area contributed by atoms with Crippen molar-refractivity contribution in [2.45, 2.75) is 45.9 Å². The maximum absolute atomic E-state index is 12.4. The Bertz CT molecular complexity index is 703. The molecule has 0 bridgehead atoms. The highest BCUT2D eigenvalue weighted by Crippen LogP contribution is 2.19. The van der Waals surface area contributed by atoms with E-state index in [0.29, 0.717) is 23.7 Å². The molecule has 4 nitrogen and oxygen atoms in total. The van der Waals surface area contributed by atoms with Gasteiger partial charge in [0.25, 0.3) is 5.91 Å². The summed E-state index contributed by atoms with van der Waals surface area (Å²) in [5.41, 5.74) is 0.976. The molecule has 0 fully saturated rings. The molecule has 25 heavy (non-hydrogen) atoms. The van der Waals surface area contributed by atoms with Gasteiger partial charge in [-0.15, -0.1) is 0 Å². The highest BCUT2D eigenvalue weighted by Gasteiger charge is 2.18. The van der Waals surface area contributed by atoms with E-state index in [2.05, 4.69) is 5.32 Å². The zero-order chi connectivity index (χ0) is 18.2. The first-order chi connectivity index (χ1) is 12.0. The van der Waals surface area contributed by atoms with Crippen molar-refractivity contribution in [3.63, 3.8) is 0 Å². The smallest absolute Gasteiger partial charge is 0.261 e. The van der Waals surface area contributed by atoms with Crippen LogP contribution >= 0.6 is 11.6 Å². The van der Waals surface area contributed by atoms with Crippen LogP contribution in [-0.2, 0) is 11.3 Å². The minimum atomic E-state index is -0.562. The predicted octanol–water partition coefficient (Wildman–Crippen LogP) is 4.60. The molecular weight excluding hydrogens is 338 g/mol. The molecule has 0 heterocycles. The van der Waals surface area contributed by atoms with E-state index in [1.54, 1.807) is 24.3 Å². The number of benzene rings is 2. The van der Waals surface area contributed by atoms with Crippen LogP contribution in [0.2, 0.25) is 5.02 Å². The van der Waals surface area contributed by atoms with Crippen molar-refractivity contribution in [3.8, 4) is 11.5 Å². The van der Waals surface area contributed by atoms with Gasteiger partial charge in [-0.25, -0.2) is 0 Å². The lowest BCUT2D eigenvalue weighted by molar-refractivity contribution is -0.128. The third-order valence-electron chi connectivity index (χ3n) is 3.47. The monoisotopic (exact) mass is 361 g/mol. The Morgan fingerprint density at radius 1 is 1.08 bits per heavy atom. The normalized spacial score (nSPS) is 11.9. The van der Waals surface area contributed by atoms with Gasteiger partial charge in [0.15, 0.2) is 6.10 Å². The second-order valence-electron chi connectivity index (χ2n) is 6.00. The lowest BCUT2D eigenvalue weighted by Gasteiger charge is -2.18. The molecule has 134 valence electrons. The van der Waals surface area contributed by atoms with E-state index < -0.39 is 6.10 Å². The van der Waals surface area contributed by atoms with Crippen LogP contribution in [0.15, 0.2) is 48.5 Å². The standard InChI is InChI=1S/C20H24ClNO3/c1-4-19(25-18-10-6-8-16(21)12-18)20(23)22-13-15-7-5-9-17(11-15)24-14(2)3/h5-12,14,19H,4,13H2,1-3H3,(H,22,23)/t19-/m1/s1.